The Kier molecular flexibility index (Phi) is 10.0. The molecule has 3 amide bonds. The van der Waals surface area contributed by atoms with Gasteiger partial charge in [0.25, 0.3) is 5.91 Å². The Hall–Kier alpha value is -4.01. The van der Waals surface area contributed by atoms with E-state index in [1.165, 1.54) is 11.8 Å². The van der Waals surface area contributed by atoms with Gasteiger partial charge in [0, 0.05) is 17.5 Å². The maximum atomic E-state index is 13.0. The van der Waals surface area contributed by atoms with Gasteiger partial charge < -0.3 is 34.7 Å². The van der Waals surface area contributed by atoms with E-state index in [4.69, 9.17) is 29.4 Å². The largest absolute Gasteiger partial charge is 0.508 e. The second kappa shape index (κ2) is 13.9. The number of carbonyl (C=O) groups excluding carboxylic acids is 5. The number of alkyl carbamates (subject to hydrolysis) is 1. The molecule has 1 aliphatic carbocycles. The SMILES string of the molecule is NC(=O)OCC1=C(C(=O)OCCOC(=O)OC2CCCCC2)N2C(=O)[C@@H](NC(=O)OCc3ccccn3)[C@H]2SC1. The van der Waals surface area contributed by atoms with E-state index in [0.717, 1.165) is 37.0 Å². The van der Waals surface area contributed by atoms with Crippen LogP contribution in [0.25, 0.3) is 0 Å². The van der Waals surface area contributed by atoms with Gasteiger partial charge in [-0.05, 0) is 37.8 Å². The van der Waals surface area contributed by atoms with Crippen LogP contribution in [-0.4, -0.2) is 83.2 Å². The molecule has 15 heteroatoms. The van der Waals surface area contributed by atoms with E-state index in [2.05, 4.69) is 10.3 Å². The summed E-state index contributed by atoms with van der Waals surface area (Å²) in [5.74, 6) is -1.28. The van der Waals surface area contributed by atoms with Crippen LogP contribution in [0.1, 0.15) is 37.8 Å². The lowest BCUT2D eigenvalue weighted by Gasteiger charge is -2.49. The number of nitrogens with one attached hydrogen (secondary N) is 1. The minimum absolute atomic E-state index is 0.0859. The Morgan fingerprint density at radius 2 is 1.80 bits per heavy atom. The summed E-state index contributed by atoms with van der Waals surface area (Å²) in [5.41, 5.74) is 5.77. The summed E-state index contributed by atoms with van der Waals surface area (Å²) in [6.45, 7) is -0.974. The first kappa shape index (κ1) is 29.0. The minimum Gasteiger partial charge on any atom is -0.457 e. The van der Waals surface area contributed by atoms with Crippen molar-refractivity contribution in [2.75, 3.05) is 25.6 Å². The van der Waals surface area contributed by atoms with Crippen LogP contribution < -0.4 is 11.1 Å². The number of carbonyl (C=O) groups is 5. The van der Waals surface area contributed by atoms with Crippen molar-refractivity contribution in [2.24, 2.45) is 5.73 Å². The van der Waals surface area contributed by atoms with Crippen LogP contribution in [0.2, 0.25) is 0 Å². The van der Waals surface area contributed by atoms with Gasteiger partial charge >= 0.3 is 24.3 Å². The number of primary amides is 1. The Labute approximate surface area is 233 Å². The average molecular weight is 579 g/mol. The predicted octanol–water partition coefficient (Wildman–Crippen LogP) is 1.97. The van der Waals surface area contributed by atoms with Crippen molar-refractivity contribution in [3.05, 3.63) is 41.4 Å². The van der Waals surface area contributed by atoms with E-state index in [0.29, 0.717) is 11.3 Å². The van der Waals surface area contributed by atoms with Gasteiger partial charge in [-0.1, -0.05) is 12.5 Å². The molecule has 4 rings (SSSR count). The number of nitrogens with zero attached hydrogens (tertiary/aromatic N) is 2. The molecule has 3 heterocycles. The Morgan fingerprint density at radius 1 is 1.02 bits per heavy atom. The molecule has 0 unspecified atom stereocenters. The molecule has 2 atom stereocenters. The van der Waals surface area contributed by atoms with Crippen LogP contribution in [0, 0.1) is 0 Å². The van der Waals surface area contributed by atoms with E-state index >= 15 is 0 Å². The van der Waals surface area contributed by atoms with Crippen LogP contribution in [0.15, 0.2) is 35.7 Å². The lowest BCUT2D eigenvalue weighted by molar-refractivity contribution is -0.152. The van der Waals surface area contributed by atoms with Crippen molar-refractivity contribution in [1.82, 2.24) is 15.2 Å². The van der Waals surface area contributed by atoms with E-state index in [1.54, 1.807) is 24.4 Å². The molecule has 2 fully saturated rings. The molecule has 40 heavy (non-hydrogen) atoms. The number of amides is 3. The third-order valence-corrected chi connectivity index (χ3v) is 7.67. The number of rotatable bonds is 10. The van der Waals surface area contributed by atoms with Crippen molar-refractivity contribution in [3.8, 4) is 0 Å². The molecule has 0 radical (unpaired) electrons. The quantitative estimate of drug-likeness (QED) is 0.178. The number of pyridine rings is 1. The highest BCUT2D eigenvalue weighted by Crippen LogP contribution is 2.40. The molecule has 216 valence electrons. The fourth-order valence-corrected chi connectivity index (χ4v) is 5.74. The van der Waals surface area contributed by atoms with Gasteiger partial charge in [-0.25, -0.2) is 19.2 Å². The summed E-state index contributed by atoms with van der Waals surface area (Å²) in [7, 11) is 0. The molecular weight excluding hydrogens is 548 g/mol. The average Bonchev–Trinajstić information content (AvgIpc) is 2.96. The van der Waals surface area contributed by atoms with E-state index in [-0.39, 0.29) is 44.0 Å². The minimum atomic E-state index is -1.05. The molecule has 14 nitrogen and oxygen atoms in total. The highest BCUT2D eigenvalue weighted by Gasteiger charge is 2.54. The number of thioether (sulfide) groups is 1. The normalized spacial score (nSPS) is 20.5. The van der Waals surface area contributed by atoms with Crippen LogP contribution in [-0.2, 0) is 39.9 Å². The zero-order chi connectivity index (χ0) is 28.5. The van der Waals surface area contributed by atoms with Gasteiger partial charge in [-0.2, -0.15) is 0 Å². The van der Waals surface area contributed by atoms with Crippen molar-refractivity contribution in [3.63, 3.8) is 0 Å². The highest BCUT2D eigenvalue weighted by atomic mass is 32.2. The molecule has 3 aliphatic rings. The predicted molar refractivity (Wildman–Crippen MR) is 137 cm³/mol. The lowest BCUT2D eigenvalue weighted by Crippen LogP contribution is -2.70. The van der Waals surface area contributed by atoms with Gasteiger partial charge in [0.2, 0.25) is 0 Å². The van der Waals surface area contributed by atoms with Gasteiger partial charge in [-0.15, -0.1) is 11.8 Å². The second-order valence-corrected chi connectivity index (χ2v) is 10.2. The molecule has 2 aliphatic heterocycles. The Balaban J connectivity index is 1.31. The number of hydrogen-bond donors (Lipinski definition) is 2. The third kappa shape index (κ3) is 7.55. The molecule has 1 aromatic rings. The first-order valence-electron chi connectivity index (χ1n) is 12.8. The molecule has 0 aromatic carbocycles. The van der Waals surface area contributed by atoms with Gasteiger partial charge in [0.05, 0.1) is 5.69 Å². The fraction of sp³-hybridized carbons (Fsp3) is 0.520. The summed E-state index contributed by atoms with van der Waals surface area (Å²) in [6.07, 6.45) is 3.33. The summed E-state index contributed by atoms with van der Waals surface area (Å²) in [4.78, 5) is 66.5. The molecular formula is C25H30N4O10S. The summed E-state index contributed by atoms with van der Waals surface area (Å²) < 4.78 is 25.5. The van der Waals surface area contributed by atoms with Crippen LogP contribution >= 0.6 is 11.8 Å². The molecule has 3 N–H and O–H groups in total. The molecule has 1 saturated heterocycles. The number of fused-ring (bicyclic) bond motifs is 1. The van der Waals surface area contributed by atoms with Gasteiger partial charge in [0.15, 0.2) is 0 Å². The smallest absolute Gasteiger partial charge is 0.457 e. The van der Waals surface area contributed by atoms with Crippen molar-refractivity contribution in [1.29, 1.82) is 0 Å². The zero-order valence-corrected chi connectivity index (χ0v) is 22.4. The van der Waals surface area contributed by atoms with Crippen molar-refractivity contribution >= 4 is 42.0 Å². The molecule has 0 spiro atoms. The Bertz CT molecular complexity index is 1140. The second-order valence-electron chi connectivity index (χ2n) is 9.10. The lowest BCUT2D eigenvalue weighted by atomic mass is 9.98. The third-order valence-electron chi connectivity index (χ3n) is 6.33. The number of hydrogen-bond acceptors (Lipinski definition) is 12. The van der Waals surface area contributed by atoms with Crippen molar-refractivity contribution < 1.29 is 47.7 Å². The summed E-state index contributed by atoms with van der Waals surface area (Å²) in [5, 5.41) is 1.88. The number of β-lactam (4-membered cyclic amide) rings is 1. The van der Waals surface area contributed by atoms with Crippen LogP contribution in [0.3, 0.4) is 0 Å². The topological polar surface area (TPSA) is 186 Å². The maximum Gasteiger partial charge on any atom is 0.508 e. The Morgan fingerprint density at radius 3 is 2.52 bits per heavy atom. The molecule has 0 bridgehead atoms. The first-order valence-corrected chi connectivity index (χ1v) is 13.8. The van der Waals surface area contributed by atoms with E-state index in [1.807, 2.05) is 0 Å². The number of ether oxygens (including phenoxy) is 5. The maximum absolute atomic E-state index is 13.0. The molecule has 1 aromatic heterocycles. The van der Waals surface area contributed by atoms with E-state index in [9.17, 15) is 24.0 Å². The summed E-state index contributed by atoms with van der Waals surface area (Å²) >= 11 is 1.25. The first-order chi connectivity index (χ1) is 19.3. The van der Waals surface area contributed by atoms with E-state index < -0.39 is 41.6 Å². The fourth-order valence-electron chi connectivity index (χ4n) is 4.41. The highest BCUT2D eigenvalue weighted by molar-refractivity contribution is 8.00. The molecule has 1 saturated carbocycles. The number of nitrogens with two attached hydrogens (primary N) is 1. The number of esters is 1. The summed E-state index contributed by atoms with van der Waals surface area (Å²) in [6, 6.07) is 4.20. The standard InChI is InChI=1S/C25H30N4O10S/c26-23(32)37-12-15-14-40-21-18(28-24(33)38-13-16-6-4-5-9-27-16)20(30)29(21)19(15)22(31)35-10-11-36-25(34)39-17-7-2-1-3-8-17/h4-6,9,17-18,21H,1-3,7-8,10-14H2,(H2,26,32)(H,28,33)/t18-,21-/m1/s1. The van der Waals surface area contributed by atoms with Gasteiger partial charge in [-0.3, -0.25) is 14.7 Å². The monoisotopic (exact) mass is 578 g/mol. The van der Waals surface area contributed by atoms with Gasteiger partial charge in [0.1, 0.15) is 49.6 Å². The number of aromatic nitrogens is 1. The van der Waals surface area contributed by atoms with Crippen LogP contribution in [0.4, 0.5) is 14.4 Å². The zero-order valence-electron chi connectivity index (χ0n) is 21.6. The van der Waals surface area contributed by atoms with Crippen molar-refractivity contribution in [2.45, 2.75) is 56.2 Å². The van der Waals surface area contributed by atoms with Crippen LogP contribution in [0.5, 0.6) is 0 Å².